The summed E-state index contributed by atoms with van der Waals surface area (Å²) in [6.07, 6.45) is 1.83. The van der Waals surface area contributed by atoms with Crippen molar-refractivity contribution >= 4 is 34.1 Å². The van der Waals surface area contributed by atoms with Gasteiger partial charge < -0.3 is 5.32 Å². The molecule has 0 fully saturated rings. The SMILES string of the molecule is C1=CSCC(Nc2cccc3ccccc23)=N1.CC. The number of hydrogen-bond acceptors (Lipinski definition) is 3. The van der Waals surface area contributed by atoms with Crippen LogP contribution < -0.4 is 5.32 Å². The molecule has 3 heteroatoms. The molecule has 2 aromatic carbocycles. The fraction of sp³-hybridized carbons (Fsp3) is 0.188. The second kappa shape index (κ2) is 7.00. The van der Waals surface area contributed by atoms with Gasteiger partial charge in [-0.05, 0) is 16.9 Å². The monoisotopic (exact) mass is 270 g/mol. The van der Waals surface area contributed by atoms with E-state index < -0.39 is 0 Å². The third-order valence-corrected chi connectivity index (χ3v) is 3.43. The average molecular weight is 270 g/mol. The number of anilines is 1. The number of nitrogens with one attached hydrogen (secondary N) is 1. The average Bonchev–Trinajstić information content (AvgIpc) is 2.51. The molecular weight excluding hydrogens is 252 g/mol. The molecule has 0 spiro atoms. The van der Waals surface area contributed by atoms with Crippen LogP contribution in [0.5, 0.6) is 0 Å². The second-order valence-electron chi connectivity index (χ2n) is 3.82. The Labute approximate surface area is 118 Å². The van der Waals surface area contributed by atoms with Crippen molar-refractivity contribution in [2.45, 2.75) is 13.8 Å². The van der Waals surface area contributed by atoms with E-state index in [-0.39, 0.29) is 0 Å². The summed E-state index contributed by atoms with van der Waals surface area (Å²) >= 11 is 1.75. The molecule has 1 aliphatic rings. The lowest BCUT2D eigenvalue weighted by Crippen LogP contribution is -2.15. The topological polar surface area (TPSA) is 24.4 Å². The van der Waals surface area contributed by atoms with Crippen LogP contribution in [-0.4, -0.2) is 11.6 Å². The van der Waals surface area contributed by atoms with E-state index in [1.54, 1.807) is 11.8 Å². The van der Waals surface area contributed by atoms with E-state index in [2.05, 4.69) is 52.8 Å². The summed E-state index contributed by atoms with van der Waals surface area (Å²) in [5.41, 5.74) is 1.12. The Morgan fingerprint density at radius 3 is 2.63 bits per heavy atom. The zero-order chi connectivity index (χ0) is 13.5. The summed E-state index contributed by atoms with van der Waals surface area (Å²) in [6.45, 7) is 4.00. The lowest BCUT2D eigenvalue weighted by atomic mass is 10.1. The zero-order valence-corrected chi connectivity index (χ0v) is 12.1. The van der Waals surface area contributed by atoms with E-state index in [0.29, 0.717) is 0 Å². The van der Waals surface area contributed by atoms with E-state index in [0.717, 1.165) is 17.3 Å². The highest BCUT2D eigenvalue weighted by Gasteiger charge is 2.04. The van der Waals surface area contributed by atoms with Crippen LogP contribution in [0, 0.1) is 0 Å². The fourth-order valence-electron chi connectivity index (χ4n) is 1.89. The highest BCUT2D eigenvalue weighted by atomic mass is 32.2. The first-order valence-electron chi connectivity index (χ1n) is 6.51. The summed E-state index contributed by atoms with van der Waals surface area (Å²) in [7, 11) is 0. The Morgan fingerprint density at radius 1 is 1.05 bits per heavy atom. The van der Waals surface area contributed by atoms with Crippen LogP contribution in [0.4, 0.5) is 5.69 Å². The van der Waals surface area contributed by atoms with Crippen molar-refractivity contribution in [3.05, 3.63) is 54.1 Å². The van der Waals surface area contributed by atoms with E-state index in [1.807, 2.05) is 25.5 Å². The summed E-state index contributed by atoms with van der Waals surface area (Å²) in [5.74, 6) is 1.91. The van der Waals surface area contributed by atoms with Crippen molar-refractivity contribution in [2.24, 2.45) is 4.99 Å². The molecule has 2 aromatic rings. The number of rotatable bonds is 1. The van der Waals surface area contributed by atoms with Gasteiger partial charge in [-0.25, -0.2) is 4.99 Å². The number of hydrogen-bond donors (Lipinski definition) is 1. The quantitative estimate of drug-likeness (QED) is 0.797. The summed E-state index contributed by atoms with van der Waals surface area (Å²) in [5, 5.41) is 7.89. The molecule has 0 unspecified atom stereocenters. The molecule has 3 rings (SSSR count). The van der Waals surface area contributed by atoms with Gasteiger partial charge >= 0.3 is 0 Å². The molecular formula is C16H18N2S. The number of benzene rings is 2. The lowest BCUT2D eigenvalue weighted by Gasteiger charge is -2.12. The maximum atomic E-state index is 4.34. The molecule has 0 aliphatic carbocycles. The Balaban J connectivity index is 0.000000637. The van der Waals surface area contributed by atoms with Crippen molar-refractivity contribution < 1.29 is 0 Å². The largest absolute Gasteiger partial charge is 0.343 e. The molecule has 1 N–H and O–H groups in total. The Hall–Kier alpha value is -1.74. The smallest absolute Gasteiger partial charge is 0.116 e. The molecule has 0 aromatic heterocycles. The van der Waals surface area contributed by atoms with Crippen LogP contribution in [0.1, 0.15) is 13.8 Å². The van der Waals surface area contributed by atoms with Gasteiger partial charge in [-0.1, -0.05) is 50.2 Å². The highest BCUT2D eigenvalue weighted by molar-refractivity contribution is 8.02. The number of amidine groups is 1. The summed E-state index contributed by atoms with van der Waals surface area (Å²) in [6, 6.07) is 14.7. The van der Waals surface area contributed by atoms with Gasteiger partial charge in [0.1, 0.15) is 5.84 Å². The highest BCUT2D eigenvalue weighted by Crippen LogP contribution is 2.23. The van der Waals surface area contributed by atoms with Crippen LogP contribution in [0.3, 0.4) is 0 Å². The van der Waals surface area contributed by atoms with Crippen molar-refractivity contribution in [1.29, 1.82) is 0 Å². The Bertz CT molecular complexity index is 597. The Kier molecular flexibility index (Phi) is 5.04. The molecule has 1 heterocycles. The first-order valence-corrected chi connectivity index (χ1v) is 7.56. The molecule has 0 bridgehead atoms. The zero-order valence-electron chi connectivity index (χ0n) is 11.3. The predicted molar refractivity (Wildman–Crippen MR) is 88.0 cm³/mol. The van der Waals surface area contributed by atoms with Gasteiger partial charge in [0.05, 0.1) is 5.75 Å². The number of aliphatic imine (C=N–C) groups is 1. The summed E-state index contributed by atoms with van der Waals surface area (Å²) in [4.78, 5) is 4.34. The molecule has 19 heavy (non-hydrogen) atoms. The first-order chi connectivity index (χ1) is 9.43. The molecule has 0 radical (unpaired) electrons. The van der Waals surface area contributed by atoms with Crippen LogP contribution in [0.15, 0.2) is 59.1 Å². The van der Waals surface area contributed by atoms with Crippen LogP contribution in [-0.2, 0) is 0 Å². The van der Waals surface area contributed by atoms with Crippen molar-refractivity contribution in [2.75, 3.05) is 11.1 Å². The summed E-state index contributed by atoms with van der Waals surface area (Å²) < 4.78 is 0. The van der Waals surface area contributed by atoms with E-state index in [1.165, 1.54) is 10.8 Å². The van der Waals surface area contributed by atoms with Gasteiger partial charge in [0.25, 0.3) is 0 Å². The van der Waals surface area contributed by atoms with Gasteiger partial charge in [0.2, 0.25) is 0 Å². The molecule has 0 saturated carbocycles. The van der Waals surface area contributed by atoms with E-state index >= 15 is 0 Å². The molecule has 0 atom stereocenters. The van der Waals surface area contributed by atoms with Gasteiger partial charge in [-0.3, -0.25) is 0 Å². The Morgan fingerprint density at radius 2 is 1.84 bits per heavy atom. The third kappa shape index (κ3) is 3.38. The van der Waals surface area contributed by atoms with E-state index in [9.17, 15) is 0 Å². The minimum atomic E-state index is 0.903. The maximum absolute atomic E-state index is 4.34. The standard InChI is InChI=1S/C14H12N2S.C2H6/c1-2-6-12-11(4-1)5-3-7-13(12)16-14-10-17-9-8-15-14;1-2/h1-9H,10H2,(H,15,16);1-2H3. The molecule has 0 amide bonds. The molecule has 0 saturated heterocycles. The number of nitrogens with zero attached hydrogens (tertiary/aromatic N) is 1. The van der Waals surface area contributed by atoms with Crippen LogP contribution >= 0.6 is 11.8 Å². The lowest BCUT2D eigenvalue weighted by molar-refractivity contribution is 1.49. The van der Waals surface area contributed by atoms with Gasteiger partial charge in [-0.15, -0.1) is 11.8 Å². The van der Waals surface area contributed by atoms with Crippen LogP contribution in [0.25, 0.3) is 10.8 Å². The van der Waals surface area contributed by atoms with Crippen molar-refractivity contribution in [3.8, 4) is 0 Å². The van der Waals surface area contributed by atoms with Crippen molar-refractivity contribution in [3.63, 3.8) is 0 Å². The van der Waals surface area contributed by atoms with E-state index in [4.69, 9.17) is 0 Å². The number of fused-ring (bicyclic) bond motifs is 1. The minimum Gasteiger partial charge on any atom is -0.343 e. The predicted octanol–water partition coefficient (Wildman–Crippen LogP) is 4.89. The molecule has 98 valence electrons. The van der Waals surface area contributed by atoms with Gasteiger partial charge in [-0.2, -0.15) is 0 Å². The second-order valence-corrected chi connectivity index (χ2v) is 4.72. The van der Waals surface area contributed by atoms with Crippen LogP contribution in [0.2, 0.25) is 0 Å². The molecule has 1 aliphatic heterocycles. The fourth-order valence-corrected chi connectivity index (χ4v) is 2.43. The van der Waals surface area contributed by atoms with Gasteiger partial charge in [0, 0.05) is 17.3 Å². The third-order valence-electron chi connectivity index (χ3n) is 2.68. The maximum Gasteiger partial charge on any atom is 0.116 e. The number of thioether (sulfide) groups is 1. The minimum absolute atomic E-state index is 0.903. The molecule has 2 nitrogen and oxygen atoms in total. The first kappa shape index (κ1) is 13.7. The normalized spacial score (nSPS) is 13.5. The van der Waals surface area contributed by atoms with Crippen molar-refractivity contribution in [1.82, 2.24) is 0 Å². The van der Waals surface area contributed by atoms with Gasteiger partial charge in [0.15, 0.2) is 0 Å².